The minimum Gasteiger partial charge on any atom is -0.395 e. The number of aromatic nitrogens is 2. The molecule has 1 aliphatic carbocycles. The molecule has 0 aliphatic heterocycles. The van der Waals surface area contributed by atoms with Crippen LogP contribution in [-0.2, 0) is 6.42 Å². The van der Waals surface area contributed by atoms with E-state index in [0.29, 0.717) is 12.6 Å². The van der Waals surface area contributed by atoms with Crippen LogP contribution in [0.1, 0.15) is 38.4 Å². The molecule has 1 aliphatic rings. The lowest BCUT2D eigenvalue weighted by Gasteiger charge is -2.38. The number of rotatable bonds is 6. The molecule has 0 aromatic carbocycles. The topological polar surface area (TPSA) is 49.2 Å². The van der Waals surface area contributed by atoms with Gasteiger partial charge in [-0.25, -0.2) is 9.97 Å². The van der Waals surface area contributed by atoms with Crippen LogP contribution >= 0.6 is 15.9 Å². The maximum absolute atomic E-state index is 9.21. The van der Waals surface area contributed by atoms with E-state index in [9.17, 15) is 5.11 Å². The summed E-state index contributed by atoms with van der Waals surface area (Å²) in [5.41, 5.74) is 0. The number of aliphatic hydroxyl groups is 1. The van der Waals surface area contributed by atoms with Gasteiger partial charge in [-0.1, -0.05) is 6.92 Å². The molecule has 2 rings (SSSR count). The van der Waals surface area contributed by atoms with Crippen molar-refractivity contribution in [3.8, 4) is 0 Å². The smallest absolute Gasteiger partial charge is 0.133 e. The first-order valence-corrected chi connectivity index (χ1v) is 7.45. The first kappa shape index (κ1) is 13.7. The Hall–Kier alpha value is -0.680. The molecule has 0 radical (unpaired) electrons. The van der Waals surface area contributed by atoms with Crippen LogP contribution in [0.25, 0.3) is 0 Å². The summed E-state index contributed by atoms with van der Waals surface area (Å²) in [6.45, 7) is 2.95. The van der Waals surface area contributed by atoms with Crippen molar-refractivity contribution in [3.05, 3.63) is 16.5 Å². The zero-order valence-electron chi connectivity index (χ0n) is 10.8. The normalized spacial score (nSPS) is 15.5. The molecule has 1 N–H and O–H groups in total. The van der Waals surface area contributed by atoms with Crippen molar-refractivity contribution in [2.75, 3.05) is 18.1 Å². The third kappa shape index (κ3) is 3.20. The van der Waals surface area contributed by atoms with E-state index in [1.165, 1.54) is 19.3 Å². The van der Waals surface area contributed by atoms with E-state index in [-0.39, 0.29) is 6.61 Å². The van der Waals surface area contributed by atoms with Crippen LogP contribution in [-0.4, -0.2) is 34.3 Å². The van der Waals surface area contributed by atoms with Gasteiger partial charge in [0.25, 0.3) is 0 Å². The van der Waals surface area contributed by atoms with E-state index in [0.717, 1.165) is 29.1 Å². The van der Waals surface area contributed by atoms with Crippen LogP contribution in [0.5, 0.6) is 0 Å². The summed E-state index contributed by atoms with van der Waals surface area (Å²) < 4.78 is 0.832. The zero-order chi connectivity index (χ0) is 13.0. The summed E-state index contributed by atoms with van der Waals surface area (Å²) in [4.78, 5) is 11.2. The molecule has 1 aromatic heterocycles. The Morgan fingerprint density at radius 3 is 2.78 bits per heavy atom. The number of aliphatic hydroxyl groups excluding tert-OH is 1. The van der Waals surface area contributed by atoms with Gasteiger partial charge in [0.05, 0.1) is 6.61 Å². The highest BCUT2D eigenvalue weighted by molar-refractivity contribution is 9.10. The second kappa shape index (κ2) is 6.48. The summed E-state index contributed by atoms with van der Waals surface area (Å²) in [5, 5.41) is 9.21. The predicted molar refractivity (Wildman–Crippen MR) is 75.8 cm³/mol. The van der Waals surface area contributed by atoms with Gasteiger partial charge in [0.1, 0.15) is 16.2 Å². The molecule has 1 aromatic rings. The van der Waals surface area contributed by atoms with Crippen LogP contribution < -0.4 is 4.90 Å². The molecule has 0 amide bonds. The quantitative estimate of drug-likeness (QED) is 0.820. The Morgan fingerprint density at radius 1 is 1.44 bits per heavy atom. The highest BCUT2D eigenvalue weighted by atomic mass is 79.9. The highest BCUT2D eigenvalue weighted by Crippen LogP contribution is 2.29. The fraction of sp³-hybridized carbons (Fsp3) is 0.692. The standard InChI is InChI=1S/C13H20BrN3O/c1-2-4-12-15-11(14)9-13(16-12)17(7-8-18)10-5-3-6-10/h9-10,18H,2-8H2,1H3. The van der Waals surface area contributed by atoms with Gasteiger partial charge in [-0.05, 0) is 41.6 Å². The fourth-order valence-corrected chi connectivity index (χ4v) is 2.63. The van der Waals surface area contributed by atoms with E-state index in [1.807, 2.05) is 6.07 Å². The van der Waals surface area contributed by atoms with Crippen molar-refractivity contribution in [3.63, 3.8) is 0 Å². The maximum Gasteiger partial charge on any atom is 0.133 e. The lowest BCUT2D eigenvalue weighted by Crippen LogP contribution is -2.42. The molecular weight excluding hydrogens is 294 g/mol. The maximum atomic E-state index is 9.21. The van der Waals surface area contributed by atoms with Crippen molar-refractivity contribution in [1.29, 1.82) is 0 Å². The average Bonchev–Trinajstić information content (AvgIpc) is 2.25. The van der Waals surface area contributed by atoms with Gasteiger partial charge in [-0.15, -0.1) is 0 Å². The predicted octanol–water partition coefficient (Wildman–Crippen LogP) is 2.54. The second-order valence-corrected chi connectivity index (χ2v) is 5.53. The lowest BCUT2D eigenvalue weighted by atomic mass is 9.91. The summed E-state index contributed by atoms with van der Waals surface area (Å²) in [7, 11) is 0. The van der Waals surface area contributed by atoms with Gasteiger partial charge in [0.2, 0.25) is 0 Å². The van der Waals surface area contributed by atoms with Crippen molar-refractivity contribution < 1.29 is 5.11 Å². The molecule has 5 heteroatoms. The number of anilines is 1. The van der Waals surface area contributed by atoms with Gasteiger partial charge < -0.3 is 10.0 Å². The van der Waals surface area contributed by atoms with Crippen LogP contribution in [0, 0.1) is 0 Å². The number of aryl methyl sites for hydroxylation is 1. The molecule has 100 valence electrons. The third-order valence-corrected chi connectivity index (χ3v) is 3.76. The molecule has 0 atom stereocenters. The lowest BCUT2D eigenvalue weighted by molar-refractivity contribution is 0.283. The molecule has 0 saturated heterocycles. The Balaban J connectivity index is 2.22. The number of halogens is 1. The van der Waals surface area contributed by atoms with Gasteiger partial charge in [0, 0.05) is 25.1 Å². The molecule has 0 spiro atoms. The molecule has 0 unspecified atom stereocenters. The average molecular weight is 314 g/mol. The Morgan fingerprint density at radius 2 is 2.22 bits per heavy atom. The molecule has 18 heavy (non-hydrogen) atoms. The van der Waals surface area contributed by atoms with E-state index in [4.69, 9.17) is 0 Å². The summed E-state index contributed by atoms with van der Waals surface area (Å²) in [6, 6.07) is 2.49. The molecule has 1 saturated carbocycles. The van der Waals surface area contributed by atoms with Crippen molar-refractivity contribution in [2.45, 2.75) is 45.1 Å². The first-order chi connectivity index (χ1) is 8.74. The summed E-state index contributed by atoms with van der Waals surface area (Å²) >= 11 is 3.45. The van der Waals surface area contributed by atoms with E-state index in [1.54, 1.807) is 0 Å². The van der Waals surface area contributed by atoms with Gasteiger partial charge in [0.15, 0.2) is 0 Å². The molecule has 4 nitrogen and oxygen atoms in total. The Kier molecular flexibility index (Phi) is 4.95. The minimum atomic E-state index is 0.168. The fourth-order valence-electron chi connectivity index (χ4n) is 2.22. The van der Waals surface area contributed by atoms with Crippen LogP contribution in [0.4, 0.5) is 5.82 Å². The molecule has 1 heterocycles. The van der Waals surface area contributed by atoms with Crippen molar-refractivity contribution >= 4 is 21.7 Å². The molecular formula is C13H20BrN3O. The monoisotopic (exact) mass is 313 g/mol. The minimum absolute atomic E-state index is 0.168. The first-order valence-electron chi connectivity index (χ1n) is 6.65. The van der Waals surface area contributed by atoms with Crippen LogP contribution in [0.15, 0.2) is 10.7 Å². The number of nitrogens with zero attached hydrogens (tertiary/aromatic N) is 3. The number of hydrogen-bond donors (Lipinski definition) is 1. The van der Waals surface area contributed by atoms with E-state index >= 15 is 0 Å². The van der Waals surface area contributed by atoms with Gasteiger partial charge >= 0.3 is 0 Å². The number of hydrogen-bond acceptors (Lipinski definition) is 4. The van der Waals surface area contributed by atoms with Crippen molar-refractivity contribution in [1.82, 2.24) is 9.97 Å². The largest absolute Gasteiger partial charge is 0.395 e. The summed E-state index contributed by atoms with van der Waals surface area (Å²) in [5.74, 6) is 1.82. The molecule has 1 fully saturated rings. The van der Waals surface area contributed by atoms with E-state index in [2.05, 4.69) is 37.7 Å². The third-order valence-electron chi connectivity index (χ3n) is 3.35. The van der Waals surface area contributed by atoms with Crippen LogP contribution in [0.3, 0.4) is 0 Å². The highest BCUT2D eigenvalue weighted by Gasteiger charge is 2.26. The SMILES string of the molecule is CCCc1nc(Br)cc(N(CCO)C2CCC2)n1. The van der Waals surface area contributed by atoms with Crippen LogP contribution in [0.2, 0.25) is 0 Å². The van der Waals surface area contributed by atoms with Gasteiger partial charge in [-0.2, -0.15) is 0 Å². The Bertz CT molecular complexity index is 396. The van der Waals surface area contributed by atoms with Crippen molar-refractivity contribution in [2.24, 2.45) is 0 Å². The summed E-state index contributed by atoms with van der Waals surface area (Å²) in [6.07, 6.45) is 5.61. The second-order valence-electron chi connectivity index (χ2n) is 4.72. The van der Waals surface area contributed by atoms with E-state index < -0.39 is 0 Å². The molecule has 0 bridgehead atoms. The Labute approximate surface area is 117 Å². The zero-order valence-corrected chi connectivity index (χ0v) is 12.4. The van der Waals surface area contributed by atoms with Gasteiger partial charge in [-0.3, -0.25) is 0 Å².